The number of carbonyl (C=O) groups excluding carboxylic acids is 1. The molecule has 1 N–H and O–H groups in total. The number of aliphatic hydroxyl groups is 1. The van der Waals surface area contributed by atoms with Gasteiger partial charge in [-0.15, -0.1) is 5.10 Å². The first-order valence-corrected chi connectivity index (χ1v) is 8.28. The summed E-state index contributed by atoms with van der Waals surface area (Å²) < 4.78 is 15.5. The molecule has 1 fully saturated rings. The van der Waals surface area contributed by atoms with E-state index in [4.69, 9.17) is 0 Å². The molecule has 0 saturated carbocycles. The van der Waals surface area contributed by atoms with E-state index in [-0.39, 0.29) is 30.1 Å². The first-order chi connectivity index (χ1) is 11.7. The highest BCUT2D eigenvalue weighted by molar-refractivity contribution is 5.91. The maximum atomic E-state index is 14.1. The standard InChI is InChI=1S/C17H21FN4O2/c1-2-6-15-19-16(17(24)21-10-5-7-12(21)11-23)20-22(15)14-9-4-3-8-13(14)18/h3-4,8-9,12,23H,2,5-7,10-11H2,1H3/t12-/m1/s1. The van der Waals surface area contributed by atoms with E-state index in [1.807, 2.05) is 6.92 Å². The van der Waals surface area contributed by atoms with Gasteiger partial charge in [-0.3, -0.25) is 4.79 Å². The van der Waals surface area contributed by atoms with Crippen molar-refractivity contribution in [3.05, 3.63) is 41.7 Å². The molecule has 24 heavy (non-hydrogen) atoms. The van der Waals surface area contributed by atoms with Crippen molar-refractivity contribution in [2.24, 2.45) is 0 Å². The fourth-order valence-electron chi connectivity index (χ4n) is 3.06. The van der Waals surface area contributed by atoms with Gasteiger partial charge in [0.2, 0.25) is 5.82 Å². The third kappa shape index (κ3) is 3.03. The maximum Gasteiger partial charge on any atom is 0.293 e. The monoisotopic (exact) mass is 332 g/mol. The maximum absolute atomic E-state index is 14.1. The second-order valence-corrected chi connectivity index (χ2v) is 5.94. The molecule has 1 amide bonds. The lowest BCUT2D eigenvalue weighted by molar-refractivity contribution is 0.0665. The smallest absolute Gasteiger partial charge is 0.293 e. The fraction of sp³-hybridized carbons (Fsp3) is 0.471. The van der Waals surface area contributed by atoms with Crippen LogP contribution in [-0.2, 0) is 6.42 Å². The number of halogens is 1. The Labute approximate surface area is 139 Å². The summed E-state index contributed by atoms with van der Waals surface area (Å²) in [5.74, 6) is -0.0973. The minimum atomic E-state index is -0.409. The number of benzene rings is 1. The molecule has 0 radical (unpaired) electrons. The number of hydrogen-bond acceptors (Lipinski definition) is 4. The van der Waals surface area contributed by atoms with Crippen LogP contribution in [0.25, 0.3) is 5.69 Å². The molecule has 1 aromatic carbocycles. The van der Waals surface area contributed by atoms with E-state index in [2.05, 4.69) is 10.1 Å². The Kier molecular flexibility index (Phi) is 4.89. The van der Waals surface area contributed by atoms with E-state index in [9.17, 15) is 14.3 Å². The van der Waals surface area contributed by atoms with Crippen molar-refractivity contribution < 1.29 is 14.3 Å². The van der Waals surface area contributed by atoms with Gasteiger partial charge in [0, 0.05) is 13.0 Å². The number of aromatic nitrogens is 3. The van der Waals surface area contributed by atoms with Gasteiger partial charge < -0.3 is 10.0 Å². The molecule has 1 saturated heterocycles. The number of para-hydroxylation sites is 1. The molecule has 6 nitrogen and oxygen atoms in total. The van der Waals surface area contributed by atoms with E-state index in [1.165, 1.54) is 10.7 Å². The molecule has 7 heteroatoms. The molecule has 2 heterocycles. The minimum Gasteiger partial charge on any atom is -0.394 e. The topological polar surface area (TPSA) is 71.2 Å². The second kappa shape index (κ2) is 7.09. The summed E-state index contributed by atoms with van der Waals surface area (Å²) in [4.78, 5) is 18.6. The van der Waals surface area contributed by atoms with Gasteiger partial charge >= 0.3 is 0 Å². The van der Waals surface area contributed by atoms with E-state index < -0.39 is 5.82 Å². The number of aliphatic hydroxyl groups excluding tert-OH is 1. The van der Waals surface area contributed by atoms with Crippen LogP contribution in [0.5, 0.6) is 0 Å². The van der Waals surface area contributed by atoms with Gasteiger partial charge in [-0.05, 0) is 31.4 Å². The van der Waals surface area contributed by atoms with Crippen molar-refractivity contribution in [3.63, 3.8) is 0 Å². The van der Waals surface area contributed by atoms with Crippen molar-refractivity contribution in [1.82, 2.24) is 19.7 Å². The van der Waals surface area contributed by atoms with Gasteiger partial charge in [-0.25, -0.2) is 14.1 Å². The first-order valence-electron chi connectivity index (χ1n) is 8.28. The molecule has 0 unspecified atom stereocenters. The molecule has 1 aliphatic rings. The summed E-state index contributed by atoms with van der Waals surface area (Å²) in [6.07, 6.45) is 3.03. The highest BCUT2D eigenvalue weighted by Crippen LogP contribution is 2.20. The zero-order valence-electron chi connectivity index (χ0n) is 13.7. The molecule has 2 aromatic rings. The van der Waals surface area contributed by atoms with Crippen molar-refractivity contribution >= 4 is 5.91 Å². The van der Waals surface area contributed by atoms with Crippen LogP contribution in [0.15, 0.2) is 24.3 Å². The molecular formula is C17H21FN4O2. The lowest BCUT2D eigenvalue weighted by Gasteiger charge is -2.21. The zero-order valence-corrected chi connectivity index (χ0v) is 13.7. The Morgan fingerprint density at radius 1 is 1.42 bits per heavy atom. The van der Waals surface area contributed by atoms with Gasteiger partial charge in [0.25, 0.3) is 5.91 Å². The minimum absolute atomic E-state index is 0.0575. The van der Waals surface area contributed by atoms with Gasteiger partial charge in [0.1, 0.15) is 17.3 Å². The number of carbonyl (C=O) groups is 1. The zero-order chi connectivity index (χ0) is 17.1. The third-order valence-electron chi connectivity index (χ3n) is 4.27. The van der Waals surface area contributed by atoms with Crippen molar-refractivity contribution in [2.75, 3.05) is 13.2 Å². The van der Waals surface area contributed by atoms with E-state index in [1.54, 1.807) is 23.1 Å². The highest BCUT2D eigenvalue weighted by Gasteiger charge is 2.31. The molecule has 3 rings (SSSR count). The normalized spacial score (nSPS) is 17.5. The molecule has 1 atom stereocenters. The largest absolute Gasteiger partial charge is 0.394 e. The Morgan fingerprint density at radius 2 is 2.21 bits per heavy atom. The van der Waals surface area contributed by atoms with Crippen LogP contribution >= 0.6 is 0 Å². The van der Waals surface area contributed by atoms with Crippen LogP contribution in [0.3, 0.4) is 0 Å². The number of aryl methyl sites for hydroxylation is 1. The van der Waals surface area contributed by atoms with Crippen LogP contribution in [0.4, 0.5) is 4.39 Å². The quantitative estimate of drug-likeness (QED) is 0.908. The Balaban J connectivity index is 1.97. The van der Waals surface area contributed by atoms with Crippen LogP contribution in [0.2, 0.25) is 0 Å². The Bertz CT molecular complexity index is 731. The molecule has 128 valence electrons. The number of nitrogens with zero attached hydrogens (tertiary/aromatic N) is 4. The van der Waals surface area contributed by atoms with Gasteiger partial charge in [0.15, 0.2) is 0 Å². The molecule has 0 aliphatic carbocycles. The second-order valence-electron chi connectivity index (χ2n) is 5.94. The van der Waals surface area contributed by atoms with Crippen molar-refractivity contribution in [3.8, 4) is 5.69 Å². The van der Waals surface area contributed by atoms with E-state index in [0.29, 0.717) is 18.8 Å². The van der Waals surface area contributed by atoms with E-state index >= 15 is 0 Å². The molecule has 0 spiro atoms. The molecule has 1 aliphatic heterocycles. The number of amides is 1. The summed E-state index contributed by atoms with van der Waals surface area (Å²) in [5, 5.41) is 13.7. The average Bonchev–Trinajstić information content (AvgIpc) is 3.22. The SMILES string of the molecule is CCCc1nc(C(=O)N2CCC[C@@H]2CO)nn1-c1ccccc1F. The Hall–Kier alpha value is -2.28. The lowest BCUT2D eigenvalue weighted by atomic mass is 10.2. The average molecular weight is 332 g/mol. The third-order valence-corrected chi connectivity index (χ3v) is 4.27. The van der Waals surface area contributed by atoms with Crippen LogP contribution in [-0.4, -0.2) is 49.9 Å². The summed E-state index contributed by atoms with van der Waals surface area (Å²) in [7, 11) is 0. The van der Waals surface area contributed by atoms with Gasteiger partial charge in [-0.1, -0.05) is 19.1 Å². The van der Waals surface area contributed by atoms with Gasteiger partial charge in [0.05, 0.1) is 12.6 Å². The molecule has 0 bridgehead atoms. The van der Waals surface area contributed by atoms with Crippen LogP contribution in [0.1, 0.15) is 42.6 Å². The van der Waals surface area contributed by atoms with E-state index in [0.717, 1.165) is 19.3 Å². The van der Waals surface area contributed by atoms with Crippen LogP contribution < -0.4 is 0 Å². The number of hydrogen-bond donors (Lipinski definition) is 1. The molecular weight excluding hydrogens is 311 g/mol. The Morgan fingerprint density at radius 3 is 2.92 bits per heavy atom. The number of likely N-dealkylation sites (tertiary alicyclic amines) is 1. The number of rotatable bonds is 5. The van der Waals surface area contributed by atoms with Crippen molar-refractivity contribution in [1.29, 1.82) is 0 Å². The summed E-state index contributed by atoms with van der Waals surface area (Å²) in [6.45, 7) is 2.51. The highest BCUT2D eigenvalue weighted by atomic mass is 19.1. The predicted molar refractivity (Wildman–Crippen MR) is 86.5 cm³/mol. The van der Waals surface area contributed by atoms with Crippen molar-refractivity contribution in [2.45, 2.75) is 38.6 Å². The van der Waals surface area contributed by atoms with Gasteiger partial charge in [-0.2, -0.15) is 0 Å². The first kappa shape index (κ1) is 16.6. The summed E-state index contributed by atoms with van der Waals surface area (Å²) >= 11 is 0. The fourth-order valence-corrected chi connectivity index (χ4v) is 3.06. The van der Waals surface area contributed by atoms with Crippen LogP contribution in [0, 0.1) is 5.82 Å². The predicted octanol–water partition coefficient (Wildman–Crippen LogP) is 1.96. The lowest BCUT2D eigenvalue weighted by Crippen LogP contribution is -2.38. The summed E-state index contributed by atoms with van der Waals surface area (Å²) in [6, 6.07) is 6.12. The summed E-state index contributed by atoms with van der Waals surface area (Å²) in [5.41, 5.74) is 0.285. The molecule has 1 aromatic heterocycles.